The van der Waals surface area contributed by atoms with Crippen molar-refractivity contribution in [3.63, 3.8) is 0 Å². The van der Waals surface area contributed by atoms with Crippen LogP contribution in [0.25, 0.3) is 21.1 Å². The molecule has 0 bridgehead atoms. The second kappa shape index (κ2) is 8.66. The summed E-state index contributed by atoms with van der Waals surface area (Å²) in [6.07, 6.45) is 4.84. The zero-order chi connectivity index (χ0) is 24.1. The third kappa shape index (κ3) is 4.15. The molecule has 1 aromatic carbocycles. The van der Waals surface area contributed by atoms with Gasteiger partial charge in [0.15, 0.2) is 0 Å². The number of hydrogen-bond donors (Lipinski definition) is 2. The van der Waals surface area contributed by atoms with Crippen molar-refractivity contribution in [2.75, 3.05) is 25.5 Å². The standard InChI is InChI=1S/C26H27N5O3S/c1-15-11-16-12-18(5-6-22(16)31(15)26(33)29-17-3-4-17)28-20-7-9-27-21-13-23(35-24(20)21)25(32)30-10-8-19(14-30)34-2/h5-7,9,11-13,17,19H,3-4,8,10,14H2,1-2H3,(H,27,28)(H,29,33). The summed E-state index contributed by atoms with van der Waals surface area (Å²) >= 11 is 1.46. The van der Waals surface area contributed by atoms with Gasteiger partial charge in [0.05, 0.1) is 32.4 Å². The first kappa shape index (κ1) is 22.1. The Bertz CT molecular complexity index is 1450. The van der Waals surface area contributed by atoms with Gasteiger partial charge in [-0.2, -0.15) is 0 Å². The molecule has 6 rings (SSSR count). The zero-order valence-corrected chi connectivity index (χ0v) is 20.5. The van der Waals surface area contributed by atoms with Crippen molar-refractivity contribution in [2.45, 2.75) is 38.3 Å². The van der Waals surface area contributed by atoms with E-state index in [-0.39, 0.29) is 18.0 Å². The number of benzene rings is 1. The van der Waals surface area contributed by atoms with Crippen LogP contribution in [0.3, 0.4) is 0 Å². The number of carbonyl (C=O) groups excluding carboxylic acids is 2. The minimum atomic E-state index is -0.0674. The molecular formula is C26H27N5O3S. The molecule has 4 heterocycles. The fourth-order valence-corrected chi connectivity index (χ4v) is 5.78. The summed E-state index contributed by atoms with van der Waals surface area (Å²) in [5.41, 5.74) is 4.40. The van der Waals surface area contributed by atoms with Gasteiger partial charge in [0.1, 0.15) is 0 Å². The van der Waals surface area contributed by atoms with Crippen LogP contribution < -0.4 is 10.6 Å². The predicted molar refractivity (Wildman–Crippen MR) is 138 cm³/mol. The molecule has 1 atom stereocenters. The smallest absolute Gasteiger partial charge is 0.326 e. The minimum absolute atomic E-state index is 0.0289. The maximum atomic E-state index is 13.1. The van der Waals surface area contributed by atoms with Crippen molar-refractivity contribution < 1.29 is 14.3 Å². The maximum absolute atomic E-state index is 13.1. The van der Waals surface area contributed by atoms with Gasteiger partial charge in [-0.15, -0.1) is 11.3 Å². The normalized spacial score (nSPS) is 17.9. The van der Waals surface area contributed by atoms with Crippen LogP contribution in [0.2, 0.25) is 0 Å². The summed E-state index contributed by atoms with van der Waals surface area (Å²) in [7, 11) is 1.69. The van der Waals surface area contributed by atoms with Gasteiger partial charge in [0.2, 0.25) is 0 Å². The summed E-state index contributed by atoms with van der Waals surface area (Å²) < 4.78 is 8.09. The van der Waals surface area contributed by atoms with Crippen LogP contribution in [0.5, 0.6) is 0 Å². The van der Waals surface area contributed by atoms with Crippen molar-refractivity contribution in [3.8, 4) is 0 Å². The molecule has 9 heteroatoms. The molecule has 1 aliphatic heterocycles. The third-order valence-electron chi connectivity index (χ3n) is 6.76. The highest BCUT2D eigenvalue weighted by atomic mass is 32.1. The number of nitrogens with zero attached hydrogens (tertiary/aromatic N) is 3. The molecule has 35 heavy (non-hydrogen) atoms. The van der Waals surface area contributed by atoms with Crippen molar-refractivity contribution in [1.82, 2.24) is 19.8 Å². The Morgan fingerprint density at radius 1 is 1.14 bits per heavy atom. The maximum Gasteiger partial charge on any atom is 0.326 e. The molecule has 2 N–H and O–H groups in total. The fourth-order valence-electron chi connectivity index (χ4n) is 4.73. The number of nitrogens with one attached hydrogen (secondary N) is 2. The first-order chi connectivity index (χ1) is 17.0. The van der Waals surface area contributed by atoms with E-state index < -0.39 is 0 Å². The Kier molecular flexibility index (Phi) is 5.46. The Morgan fingerprint density at radius 2 is 2.00 bits per heavy atom. The van der Waals surface area contributed by atoms with Crippen molar-refractivity contribution in [1.29, 1.82) is 0 Å². The van der Waals surface area contributed by atoms with Gasteiger partial charge in [-0.05, 0) is 62.6 Å². The second-order valence-corrected chi connectivity index (χ2v) is 10.4. The van der Waals surface area contributed by atoms with E-state index in [1.807, 2.05) is 48.2 Å². The number of carbonyl (C=O) groups is 2. The molecule has 0 spiro atoms. The van der Waals surface area contributed by atoms with Crippen molar-refractivity contribution in [2.24, 2.45) is 0 Å². The lowest BCUT2D eigenvalue weighted by Gasteiger charge is -2.14. The highest BCUT2D eigenvalue weighted by Crippen LogP contribution is 2.34. The van der Waals surface area contributed by atoms with E-state index in [1.165, 1.54) is 11.3 Å². The first-order valence-corrected chi connectivity index (χ1v) is 12.7. The minimum Gasteiger partial charge on any atom is -0.380 e. The SMILES string of the molecule is COC1CCN(C(=O)c2cc3nccc(Nc4ccc5c(c4)cc(C)n5C(=O)NC4CC4)c3s2)C1. The van der Waals surface area contributed by atoms with E-state index in [2.05, 4.69) is 15.6 Å². The van der Waals surface area contributed by atoms with Gasteiger partial charge < -0.3 is 20.3 Å². The summed E-state index contributed by atoms with van der Waals surface area (Å²) in [5, 5.41) is 7.55. The molecule has 1 aliphatic carbocycles. The largest absolute Gasteiger partial charge is 0.380 e. The van der Waals surface area contributed by atoms with Gasteiger partial charge in [-0.25, -0.2) is 4.79 Å². The lowest BCUT2D eigenvalue weighted by Crippen LogP contribution is -2.30. The topological polar surface area (TPSA) is 88.5 Å². The number of thiophene rings is 1. The predicted octanol–water partition coefficient (Wildman–Crippen LogP) is 4.88. The number of aryl methyl sites for hydroxylation is 1. The lowest BCUT2D eigenvalue weighted by atomic mass is 10.2. The van der Waals surface area contributed by atoms with Crippen molar-refractivity contribution >= 4 is 55.8 Å². The molecule has 1 saturated carbocycles. The van der Waals surface area contributed by atoms with E-state index in [4.69, 9.17) is 4.74 Å². The molecule has 8 nitrogen and oxygen atoms in total. The number of fused-ring (bicyclic) bond motifs is 2. The summed E-state index contributed by atoms with van der Waals surface area (Å²) in [5.74, 6) is 0.0289. The van der Waals surface area contributed by atoms with Crippen LogP contribution in [-0.4, -0.2) is 58.7 Å². The molecule has 2 amide bonds. The van der Waals surface area contributed by atoms with E-state index in [0.29, 0.717) is 24.0 Å². The Balaban J connectivity index is 1.27. The molecule has 2 fully saturated rings. The quantitative estimate of drug-likeness (QED) is 0.417. The van der Waals surface area contributed by atoms with Crippen LogP contribution in [0, 0.1) is 6.92 Å². The highest BCUT2D eigenvalue weighted by Gasteiger charge is 2.28. The summed E-state index contributed by atoms with van der Waals surface area (Å²) in [6.45, 7) is 3.28. The fraction of sp³-hybridized carbons (Fsp3) is 0.346. The number of ether oxygens (including phenoxy) is 1. The average molecular weight is 490 g/mol. The Labute approximate surface area is 206 Å². The molecule has 4 aromatic rings. The van der Waals surface area contributed by atoms with E-state index in [1.54, 1.807) is 17.9 Å². The van der Waals surface area contributed by atoms with E-state index in [9.17, 15) is 9.59 Å². The number of likely N-dealkylation sites (tertiary alicyclic amines) is 1. The van der Waals surface area contributed by atoms with Crippen LogP contribution in [0.1, 0.15) is 34.6 Å². The molecular weight excluding hydrogens is 462 g/mol. The molecule has 1 unspecified atom stereocenters. The second-order valence-electron chi connectivity index (χ2n) is 9.32. The molecule has 180 valence electrons. The van der Waals surface area contributed by atoms with Crippen LogP contribution in [-0.2, 0) is 4.74 Å². The van der Waals surface area contributed by atoms with Gasteiger partial charge in [0.25, 0.3) is 5.91 Å². The molecule has 2 aliphatic rings. The monoisotopic (exact) mass is 489 g/mol. The number of aromatic nitrogens is 2. The molecule has 3 aromatic heterocycles. The number of anilines is 2. The van der Waals surface area contributed by atoms with Gasteiger partial charge in [-0.3, -0.25) is 14.3 Å². The number of rotatable bonds is 5. The zero-order valence-electron chi connectivity index (χ0n) is 19.7. The van der Waals surface area contributed by atoms with Gasteiger partial charge in [0, 0.05) is 49.2 Å². The Hall–Kier alpha value is -3.43. The summed E-state index contributed by atoms with van der Waals surface area (Å²) in [6, 6.07) is 12.1. The van der Waals surface area contributed by atoms with Crippen LogP contribution >= 0.6 is 11.3 Å². The van der Waals surface area contributed by atoms with Gasteiger partial charge in [-0.1, -0.05) is 0 Å². The van der Waals surface area contributed by atoms with Gasteiger partial charge >= 0.3 is 6.03 Å². The van der Waals surface area contributed by atoms with Crippen LogP contribution in [0.4, 0.5) is 16.2 Å². The average Bonchev–Trinajstić information content (AvgIpc) is 3.24. The lowest BCUT2D eigenvalue weighted by molar-refractivity contribution is 0.0728. The molecule has 1 saturated heterocycles. The van der Waals surface area contributed by atoms with Crippen LogP contribution in [0.15, 0.2) is 42.6 Å². The van der Waals surface area contributed by atoms with E-state index >= 15 is 0 Å². The van der Waals surface area contributed by atoms with E-state index in [0.717, 1.165) is 57.5 Å². The number of hydrogen-bond acceptors (Lipinski definition) is 6. The number of pyridine rings is 1. The number of amides is 2. The number of methoxy groups -OCH3 is 1. The van der Waals surface area contributed by atoms with Crippen molar-refractivity contribution in [3.05, 3.63) is 53.2 Å². The Morgan fingerprint density at radius 3 is 2.77 bits per heavy atom. The highest BCUT2D eigenvalue weighted by molar-refractivity contribution is 7.21. The first-order valence-electron chi connectivity index (χ1n) is 11.9. The summed E-state index contributed by atoms with van der Waals surface area (Å²) in [4.78, 5) is 32.8. The molecule has 0 radical (unpaired) electrons. The third-order valence-corrected chi connectivity index (χ3v) is 7.91.